The SMILES string of the molecule is O=C(O)C(N[C@H]1CC[C@@H](c2c[nH]c3ccccc32)CC1)C1CCN(C(=O)Nc2ccc(Cl)c(Cl)c2)CC1. The van der Waals surface area contributed by atoms with Crippen LogP contribution in [0.15, 0.2) is 48.7 Å². The van der Waals surface area contributed by atoms with Gasteiger partial charge in [0.1, 0.15) is 6.04 Å². The van der Waals surface area contributed by atoms with Gasteiger partial charge in [-0.25, -0.2) is 4.79 Å². The van der Waals surface area contributed by atoms with Gasteiger partial charge in [-0.3, -0.25) is 4.79 Å². The number of nitrogens with one attached hydrogen (secondary N) is 3. The lowest BCUT2D eigenvalue weighted by atomic mass is 9.80. The Balaban J connectivity index is 1.12. The van der Waals surface area contributed by atoms with Crippen LogP contribution in [0, 0.1) is 5.92 Å². The van der Waals surface area contributed by atoms with Crippen LogP contribution in [0.2, 0.25) is 10.0 Å². The molecule has 1 saturated heterocycles. The molecule has 2 aliphatic rings. The number of piperidine rings is 1. The second-order valence-corrected chi connectivity index (χ2v) is 11.0. The third-order valence-electron chi connectivity index (χ3n) is 7.94. The van der Waals surface area contributed by atoms with E-state index in [0.717, 1.165) is 25.7 Å². The third kappa shape index (κ3) is 5.89. The summed E-state index contributed by atoms with van der Waals surface area (Å²) in [4.78, 5) is 30.0. The quantitative estimate of drug-likeness (QED) is 0.286. The molecule has 9 heteroatoms. The lowest BCUT2D eigenvalue weighted by Gasteiger charge is -2.37. The van der Waals surface area contributed by atoms with Gasteiger partial charge in [0.2, 0.25) is 0 Å². The number of aromatic amines is 1. The molecule has 2 aromatic carbocycles. The van der Waals surface area contributed by atoms with E-state index in [1.54, 1.807) is 23.1 Å². The number of H-pyrrole nitrogens is 1. The van der Waals surface area contributed by atoms with Gasteiger partial charge in [0, 0.05) is 41.9 Å². The fourth-order valence-corrected chi connectivity index (χ4v) is 6.18. The van der Waals surface area contributed by atoms with E-state index in [2.05, 4.69) is 40.0 Å². The summed E-state index contributed by atoms with van der Waals surface area (Å²) < 4.78 is 0. The molecule has 2 amide bonds. The molecule has 1 atom stereocenters. The summed E-state index contributed by atoms with van der Waals surface area (Å²) in [6, 6.07) is 12.7. The van der Waals surface area contributed by atoms with Gasteiger partial charge in [0.05, 0.1) is 10.0 Å². The number of aromatic nitrogens is 1. The second kappa shape index (κ2) is 11.3. The topological polar surface area (TPSA) is 97.5 Å². The molecule has 3 aromatic rings. The smallest absolute Gasteiger partial charge is 0.321 e. The minimum absolute atomic E-state index is 0.0159. The average molecular weight is 543 g/mol. The van der Waals surface area contributed by atoms with Gasteiger partial charge in [-0.2, -0.15) is 0 Å². The summed E-state index contributed by atoms with van der Waals surface area (Å²) in [6.45, 7) is 1.02. The van der Waals surface area contributed by atoms with Gasteiger partial charge in [-0.05, 0) is 80.2 Å². The Morgan fingerprint density at radius 1 is 0.973 bits per heavy atom. The van der Waals surface area contributed by atoms with E-state index in [0.29, 0.717) is 47.6 Å². The molecule has 2 heterocycles. The van der Waals surface area contributed by atoms with Crippen LogP contribution in [0.1, 0.15) is 50.0 Å². The highest BCUT2D eigenvalue weighted by molar-refractivity contribution is 6.42. The zero-order valence-electron chi connectivity index (χ0n) is 20.6. The number of carboxylic acids is 1. The van der Waals surface area contributed by atoms with Crippen molar-refractivity contribution < 1.29 is 14.7 Å². The molecular weight excluding hydrogens is 511 g/mol. The number of rotatable bonds is 6. The van der Waals surface area contributed by atoms with Crippen molar-refractivity contribution in [3.05, 3.63) is 64.3 Å². The summed E-state index contributed by atoms with van der Waals surface area (Å²) in [7, 11) is 0. The molecule has 1 aliphatic carbocycles. The summed E-state index contributed by atoms with van der Waals surface area (Å²) in [5, 5.41) is 18.4. The molecule has 1 aromatic heterocycles. The van der Waals surface area contributed by atoms with Crippen LogP contribution in [-0.4, -0.2) is 52.2 Å². The first-order chi connectivity index (χ1) is 17.9. The molecule has 0 bridgehead atoms. The van der Waals surface area contributed by atoms with Gasteiger partial charge >= 0.3 is 12.0 Å². The number of hydrogen-bond acceptors (Lipinski definition) is 3. The molecule has 0 radical (unpaired) electrons. The van der Waals surface area contributed by atoms with Crippen molar-refractivity contribution in [3.63, 3.8) is 0 Å². The number of carbonyl (C=O) groups excluding carboxylic acids is 1. The first-order valence-electron chi connectivity index (χ1n) is 12.9. The van der Waals surface area contributed by atoms with Gasteiger partial charge in [0.25, 0.3) is 0 Å². The third-order valence-corrected chi connectivity index (χ3v) is 8.68. The Bertz CT molecular complexity index is 1260. The summed E-state index contributed by atoms with van der Waals surface area (Å²) in [5.41, 5.74) is 3.12. The van der Waals surface area contributed by atoms with E-state index < -0.39 is 12.0 Å². The Morgan fingerprint density at radius 2 is 1.70 bits per heavy atom. The van der Waals surface area contributed by atoms with Crippen molar-refractivity contribution >= 4 is 51.8 Å². The Kier molecular flexibility index (Phi) is 7.93. The molecule has 196 valence electrons. The first-order valence-corrected chi connectivity index (χ1v) is 13.7. The minimum atomic E-state index is -0.808. The largest absolute Gasteiger partial charge is 0.480 e. The van der Waals surface area contributed by atoms with E-state index in [4.69, 9.17) is 23.2 Å². The van der Waals surface area contributed by atoms with Crippen molar-refractivity contribution in [2.75, 3.05) is 18.4 Å². The monoisotopic (exact) mass is 542 g/mol. The van der Waals surface area contributed by atoms with E-state index in [9.17, 15) is 14.7 Å². The summed E-state index contributed by atoms with van der Waals surface area (Å²) in [6.07, 6.45) is 7.41. The van der Waals surface area contributed by atoms with E-state index in [-0.39, 0.29) is 18.0 Å². The number of likely N-dealkylation sites (tertiary alicyclic amines) is 1. The van der Waals surface area contributed by atoms with Crippen LogP contribution in [0.3, 0.4) is 0 Å². The zero-order chi connectivity index (χ0) is 25.9. The molecule has 37 heavy (non-hydrogen) atoms. The van der Waals surface area contributed by atoms with Crippen molar-refractivity contribution in [1.29, 1.82) is 0 Å². The summed E-state index contributed by atoms with van der Waals surface area (Å²) in [5.74, 6) is -0.329. The fraction of sp³-hybridized carbons (Fsp3) is 0.429. The first kappa shape index (κ1) is 25.9. The number of fused-ring (bicyclic) bond motifs is 1. The normalized spacial score (nSPS) is 21.6. The Hall–Kier alpha value is -2.74. The van der Waals surface area contributed by atoms with Gasteiger partial charge in [-0.15, -0.1) is 0 Å². The standard InChI is InChI=1S/C28H32Cl2N4O3/c29-23-10-9-20(15-24(23)30)33-28(37)34-13-11-18(12-14-34)26(27(35)36)32-19-7-5-17(6-8-19)22-16-31-25-4-2-1-3-21(22)25/h1-4,9-10,15-19,26,31-32H,5-8,11-14H2,(H,33,37)(H,35,36)/t17-,19+,26?. The number of carbonyl (C=O) groups is 2. The maximum absolute atomic E-state index is 12.7. The van der Waals surface area contributed by atoms with Crippen LogP contribution in [0.5, 0.6) is 0 Å². The zero-order valence-corrected chi connectivity index (χ0v) is 22.1. The van der Waals surface area contributed by atoms with Crippen molar-refractivity contribution in [2.24, 2.45) is 5.92 Å². The van der Waals surface area contributed by atoms with Crippen molar-refractivity contribution in [1.82, 2.24) is 15.2 Å². The molecule has 0 spiro atoms. The highest BCUT2D eigenvalue weighted by Crippen LogP contribution is 2.37. The number of aliphatic carboxylic acids is 1. The van der Waals surface area contributed by atoms with Crippen LogP contribution in [0.4, 0.5) is 10.5 Å². The molecule has 2 fully saturated rings. The molecular formula is C28H32Cl2N4O3. The number of urea groups is 1. The van der Waals surface area contributed by atoms with E-state index in [1.807, 2.05) is 6.07 Å². The number of hydrogen-bond donors (Lipinski definition) is 4. The highest BCUT2D eigenvalue weighted by Gasteiger charge is 2.35. The predicted molar refractivity (Wildman–Crippen MR) is 148 cm³/mol. The molecule has 1 aliphatic heterocycles. The van der Waals surface area contributed by atoms with Crippen molar-refractivity contribution in [3.8, 4) is 0 Å². The highest BCUT2D eigenvalue weighted by atomic mass is 35.5. The van der Waals surface area contributed by atoms with Crippen LogP contribution in [0.25, 0.3) is 10.9 Å². The number of halogens is 2. The number of carboxylic acid groups (broad SMARTS) is 1. The van der Waals surface area contributed by atoms with Crippen LogP contribution in [-0.2, 0) is 4.79 Å². The number of para-hydroxylation sites is 1. The fourth-order valence-electron chi connectivity index (χ4n) is 5.88. The number of amides is 2. The molecule has 1 saturated carbocycles. The number of benzene rings is 2. The Labute approximate surface area is 226 Å². The van der Waals surface area contributed by atoms with Crippen molar-refractivity contribution in [2.45, 2.75) is 56.5 Å². The molecule has 1 unspecified atom stereocenters. The summed E-state index contributed by atoms with van der Waals surface area (Å²) >= 11 is 12.0. The van der Waals surface area contributed by atoms with E-state index in [1.165, 1.54) is 16.5 Å². The van der Waals surface area contributed by atoms with Gasteiger partial charge in [0.15, 0.2) is 0 Å². The lowest BCUT2D eigenvalue weighted by molar-refractivity contribution is -0.141. The van der Waals surface area contributed by atoms with Gasteiger partial charge in [-0.1, -0.05) is 41.4 Å². The average Bonchev–Trinajstić information content (AvgIpc) is 3.34. The molecule has 5 rings (SSSR count). The molecule has 4 N–H and O–H groups in total. The maximum atomic E-state index is 12.7. The maximum Gasteiger partial charge on any atom is 0.321 e. The number of nitrogens with zero attached hydrogens (tertiary/aromatic N) is 1. The predicted octanol–water partition coefficient (Wildman–Crippen LogP) is 6.49. The second-order valence-electron chi connectivity index (χ2n) is 10.2. The van der Waals surface area contributed by atoms with Gasteiger partial charge < -0.3 is 25.6 Å². The van der Waals surface area contributed by atoms with Crippen LogP contribution < -0.4 is 10.6 Å². The van der Waals surface area contributed by atoms with E-state index >= 15 is 0 Å². The Morgan fingerprint density at radius 3 is 2.41 bits per heavy atom. The molecule has 7 nitrogen and oxygen atoms in total. The number of anilines is 1. The lowest BCUT2D eigenvalue weighted by Crippen LogP contribution is -2.52. The minimum Gasteiger partial charge on any atom is -0.480 e. The van der Waals surface area contributed by atoms with Crippen LogP contribution >= 0.6 is 23.2 Å².